The summed E-state index contributed by atoms with van der Waals surface area (Å²) in [7, 11) is 1.32. The maximum atomic E-state index is 12.4. The third-order valence-corrected chi connectivity index (χ3v) is 2.52. The molecule has 118 valence electrons. The van der Waals surface area contributed by atoms with Gasteiger partial charge in [0.05, 0.1) is 30.0 Å². The monoisotopic (exact) mass is 311 g/mol. The SMILES string of the molecule is CN(CC(=O)Nc1ccc(C(F)(F)F)cc1N)CC(F)F. The Morgan fingerprint density at radius 1 is 1.38 bits per heavy atom. The maximum absolute atomic E-state index is 12.4. The second-order valence-corrected chi connectivity index (χ2v) is 4.44. The fourth-order valence-electron chi connectivity index (χ4n) is 1.59. The molecule has 0 aromatic heterocycles. The lowest BCUT2D eigenvalue weighted by molar-refractivity contribution is -0.137. The molecule has 0 aliphatic heterocycles. The number of halogens is 5. The lowest BCUT2D eigenvalue weighted by Crippen LogP contribution is -2.33. The van der Waals surface area contributed by atoms with Crippen molar-refractivity contribution in [3.8, 4) is 0 Å². The number of nitrogens with one attached hydrogen (secondary N) is 1. The van der Waals surface area contributed by atoms with E-state index in [2.05, 4.69) is 5.32 Å². The average molecular weight is 311 g/mol. The highest BCUT2D eigenvalue weighted by molar-refractivity contribution is 5.95. The van der Waals surface area contributed by atoms with E-state index >= 15 is 0 Å². The summed E-state index contributed by atoms with van der Waals surface area (Å²) in [4.78, 5) is 12.6. The molecule has 3 N–H and O–H groups in total. The molecule has 1 aromatic carbocycles. The van der Waals surface area contributed by atoms with E-state index in [9.17, 15) is 26.7 Å². The predicted octanol–water partition coefficient (Wildman–Crippen LogP) is 2.42. The molecule has 0 aliphatic rings. The Kier molecular flexibility index (Phi) is 5.47. The molecule has 0 radical (unpaired) electrons. The topological polar surface area (TPSA) is 58.4 Å². The van der Waals surface area contributed by atoms with Crippen LogP contribution < -0.4 is 11.1 Å². The van der Waals surface area contributed by atoms with Crippen molar-refractivity contribution in [1.82, 2.24) is 4.90 Å². The Labute approximate surface area is 117 Å². The Morgan fingerprint density at radius 3 is 2.48 bits per heavy atom. The van der Waals surface area contributed by atoms with Gasteiger partial charge in [-0.1, -0.05) is 0 Å². The van der Waals surface area contributed by atoms with Gasteiger partial charge in [-0.05, 0) is 25.2 Å². The Morgan fingerprint density at radius 2 is 2.00 bits per heavy atom. The molecule has 0 saturated carbocycles. The van der Waals surface area contributed by atoms with Gasteiger partial charge in [0.2, 0.25) is 5.91 Å². The summed E-state index contributed by atoms with van der Waals surface area (Å²) in [6.07, 6.45) is -7.12. The first-order valence-electron chi connectivity index (χ1n) is 5.83. The molecule has 0 saturated heterocycles. The summed E-state index contributed by atoms with van der Waals surface area (Å²) in [6, 6.07) is 2.48. The third kappa shape index (κ3) is 5.54. The van der Waals surface area contributed by atoms with E-state index in [-0.39, 0.29) is 17.9 Å². The number of nitrogen functional groups attached to an aromatic ring is 1. The van der Waals surface area contributed by atoms with Gasteiger partial charge in [-0.3, -0.25) is 9.69 Å². The second-order valence-electron chi connectivity index (χ2n) is 4.44. The molecule has 0 spiro atoms. The molecule has 0 fully saturated rings. The van der Waals surface area contributed by atoms with Crippen molar-refractivity contribution in [1.29, 1.82) is 0 Å². The van der Waals surface area contributed by atoms with Crippen LogP contribution in [0.3, 0.4) is 0 Å². The molecule has 1 rings (SSSR count). The van der Waals surface area contributed by atoms with E-state index in [4.69, 9.17) is 5.73 Å². The van der Waals surface area contributed by atoms with E-state index in [0.717, 1.165) is 17.0 Å². The van der Waals surface area contributed by atoms with Gasteiger partial charge >= 0.3 is 6.18 Å². The van der Waals surface area contributed by atoms with Crippen LogP contribution in [-0.2, 0) is 11.0 Å². The largest absolute Gasteiger partial charge is 0.416 e. The highest BCUT2D eigenvalue weighted by atomic mass is 19.4. The molecule has 1 aromatic rings. The van der Waals surface area contributed by atoms with E-state index in [1.807, 2.05) is 0 Å². The number of likely N-dealkylation sites (N-methyl/N-ethyl adjacent to an activating group) is 1. The summed E-state index contributed by atoms with van der Waals surface area (Å²) in [6.45, 7) is -0.916. The molecule has 4 nitrogen and oxygen atoms in total. The van der Waals surface area contributed by atoms with Crippen molar-refractivity contribution in [3.63, 3.8) is 0 Å². The number of anilines is 2. The first-order valence-corrected chi connectivity index (χ1v) is 5.83. The number of rotatable bonds is 5. The molecular formula is C12H14F5N3O. The Hall–Kier alpha value is -1.90. The minimum atomic E-state index is -4.53. The van der Waals surface area contributed by atoms with E-state index in [1.54, 1.807) is 0 Å². The van der Waals surface area contributed by atoms with Gasteiger partial charge in [-0.25, -0.2) is 8.78 Å². The number of hydrogen-bond acceptors (Lipinski definition) is 3. The summed E-state index contributed by atoms with van der Waals surface area (Å²) >= 11 is 0. The smallest absolute Gasteiger partial charge is 0.397 e. The number of carbonyl (C=O) groups is 1. The first kappa shape index (κ1) is 17.2. The number of alkyl halides is 5. The maximum Gasteiger partial charge on any atom is 0.416 e. The van der Waals surface area contributed by atoms with E-state index < -0.39 is 30.6 Å². The average Bonchev–Trinajstić information content (AvgIpc) is 2.28. The van der Waals surface area contributed by atoms with Gasteiger partial charge in [0.1, 0.15) is 0 Å². The summed E-state index contributed by atoms with van der Waals surface area (Å²) in [5.74, 6) is -0.649. The third-order valence-electron chi connectivity index (χ3n) is 2.52. The van der Waals surface area contributed by atoms with Crippen LogP contribution in [-0.4, -0.2) is 37.4 Å². The van der Waals surface area contributed by atoms with Gasteiger partial charge in [0.25, 0.3) is 6.43 Å². The van der Waals surface area contributed by atoms with Crippen molar-refractivity contribution >= 4 is 17.3 Å². The van der Waals surface area contributed by atoms with Gasteiger partial charge in [0.15, 0.2) is 0 Å². The normalized spacial score (nSPS) is 12.0. The number of benzene rings is 1. The standard InChI is InChI=1S/C12H14F5N3O/c1-20(5-10(13)14)6-11(21)19-9-3-2-7(4-8(9)18)12(15,16)17/h2-4,10H,5-6,18H2,1H3,(H,19,21). The molecule has 0 heterocycles. The molecule has 0 aliphatic carbocycles. The molecule has 0 bridgehead atoms. The van der Waals surface area contributed by atoms with Crippen molar-refractivity contribution in [2.45, 2.75) is 12.6 Å². The first-order chi connectivity index (χ1) is 9.59. The minimum Gasteiger partial charge on any atom is -0.397 e. The molecule has 0 atom stereocenters. The molecular weight excluding hydrogens is 297 g/mol. The number of carbonyl (C=O) groups excluding carboxylic acids is 1. The highest BCUT2D eigenvalue weighted by Crippen LogP contribution is 2.32. The zero-order chi connectivity index (χ0) is 16.2. The lowest BCUT2D eigenvalue weighted by atomic mass is 10.1. The zero-order valence-corrected chi connectivity index (χ0v) is 11.0. The van der Waals surface area contributed by atoms with Gasteiger partial charge in [0, 0.05) is 0 Å². The van der Waals surface area contributed by atoms with Crippen LogP contribution in [0.1, 0.15) is 5.56 Å². The number of nitrogens with zero attached hydrogens (tertiary/aromatic N) is 1. The van der Waals surface area contributed by atoms with Crippen LogP contribution >= 0.6 is 0 Å². The van der Waals surface area contributed by atoms with E-state index in [0.29, 0.717) is 6.07 Å². The molecule has 21 heavy (non-hydrogen) atoms. The fourth-order valence-corrected chi connectivity index (χ4v) is 1.59. The number of nitrogens with two attached hydrogens (primary N) is 1. The van der Waals surface area contributed by atoms with Gasteiger partial charge in [-0.2, -0.15) is 13.2 Å². The van der Waals surface area contributed by atoms with Crippen molar-refractivity contribution in [3.05, 3.63) is 23.8 Å². The second kappa shape index (κ2) is 6.70. The van der Waals surface area contributed by atoms with E-state index in [1.165, 1.54) is 7.05 Å². The van der Waals surface area contributed by atoms with Crippen LogP contribution in [0.4, 0.5) is 33.3 Å². The van der Waals surface area contributed by atoms with Crippen LogP contribution in [0.25, 0.3) is 0 Å². The van der Waals surface area contributed by atoms with Gasteiger partial charge in [-0.15, -0.1) is 0 Å². The Bertz CT molecular complexity index is 504. The van der Waals surface area contributed by atoms with Gasteiger partial charge < -0.3 is 11.1 Å². The van der Waals surface area contributed by atoms with Crippen LogP contribution in [0.15, 0.2) is 18.2 Å². The highest BCUT2D eigenvalue weighted by Gasteiger charge is 2.30. The lowest BCUT2D eigenvalue weighted by Gasteiger charge is -2.16. The predicted molar refractivity (Wildman–Crippen MR) is 68.0 cm³/mol. The van der Waals surface area contributed by atoms with Crippen LogP contribution in [0, 0.1) is 0 Å². The molecule has 1 amide bonds. The molecule has 9 heteroatoms. The fraction of sp³-hybridized carbons (Fsp3) is 0.417. The van der Waals surface area contributed by atoms with Crippen LogP contribution in [0.2, 0.25) is 0 Å². The number of amides is 1. The van der Waals surface area contributed by atoms with Crippen molar-refractivity contribution < 1.29 is 26.7 Å². The Balaban J connectivity index is 2.69. The minimum absolute atomic E-state index is 0.00144. The van der Waals surface area contributed by atoms with Crippen molar-refractivity contribution in [2.75, 3.05) is 31.2 Å². The molecule has 0 unspecified atom stereocenters. The zero-order valence-electron chi connectivity index (χ0n) is 11.0. The quantitative estimate of drug-likeness (QED) is 0.648. The summed E-state index contributed by atoms with van der Waals surface area (Å²) < 4.78 is 61.5. The number of hydrogen-bond donors (Lipinski definition) is 2. The summed E-state index contributed by atoms with van der Waals surface area (Å²) in [5.41, 5.74) is 4.24. The van der Waals surface area contributed by atoms with Crippen molar-refractivity contribution in [2.24, 2.45) is 0 Å². The van der Waals surface area contributed by atoms with Crippen LogP contribution in [0.5, 0.6) is 0 Å². The summed E-state index contributed by atoms with van der Waals surface area (Å²) in [5, 5.41) is 2.28.